The Labute approximate surface area is 191 Å². The molecule has 1 nitrogen and oxygen atoms in total. The van der Waals surface area contributed by atoms with Crippen molar-refractivity contribution in [2.45, 2.75) is 44.9 Å². The lowest BCUT2D eigenvalue weighted by Gasteiger charge is -2.27. The highest BCUT2D eigenvalue weighted by Gasteiger charge is 2.36. The second-order valence-corrected chi connectivity index (χ2v) is 9.51. The Morgan fingerprint density at radius 1 is 0.594 bits per heavy atom. The summed E-state index contributed by atoms with van der Waals surface area (Å²) in [6, 6.07) is 33.3. The Morgan fingerprint density at radius 3 is 1.75 bits per heavy atom. The van der Waals surface area contributed by atoms with Crippen LogP contribution in [0.4, 0.5) is 17.1 Å². The van der Waals surface area contributed by atoms with Gasteiger partial charge in [-0.1, -0.05) is 54.6 Å². The summed E-state index contributed by atoms with van der Waals surface area (Å²) in [4.78, 5) is 2.35. The largest absolute Gasteiger partial charge is 0.310 e. The molecular weight excluding hydrogens is 386 g/mol. The Kier molecular flexibility index (Phi) is 4.64. The lowest BCUT2D eigenvalue weighted by Crippen LogP contribution is -2.10. The van der Waals surface area contributed by atoms with Crippen molar-refractivity contribution in [1.29, 1.82) is 0 Å². The maximum atomic E-state index is 2.50. The summed E-state index contributed by atoms with van der Waals surface area (Å²) in [6.07, 6.45) is 4.14. The van der Waals surface area contributed by atoms with Crippen LogP contribution in [0.2, 0.25) is 0 Å². The van der Waals surface area contributed by atoms with Gasteiger partial charge in [0.2, 0.25) is 0 Å². The van der Waals surface area contributed by atoms with Gasteiger partial charge >= 0.3 is 0 Å². The van der Waals surface area contributed by atoms with Crippen LogP contribution in [0.5, 0.6) is 0 Å². The first-order chi connectivity index (χ1) is 15.7. The van der Waals surface area contributed by atoms with E-state index >= 15 is 0 Å². The van der Waals surface area contributed by atoms with E-state index < -0.39 is 0 Å². The first-order valence-corrected chi connectivity index (χ1v) is 11.8. The molecule has 0 radical (unpaired) electrons. The number of fused-ring (bicyclic) bond motifs is 5. The van der Waals surface area contributed by atoms with Crippen LogP contribution in [0.3, 0.4) is 0 Å². The summed E-state index contributed by atoms with van der Waals surface area (Å²) in [5, 5.41) is 0. The molecule has 0 aliphatic heterocycles. The smallest absolute Gasteiger partial charge is 0.0467 e. The van der Waals surface area contributed by atoms with E-state index in [9.17, 15) is 0 Å². The van der Waals surface area contributed by atoms with Gasteiger partial charge in [-0.2, -0.15) is 0 Å². The number of aryl methyl sites for hydroxylation is 2. The second-order valence-electron chi connectivity index (χ2n) is 9.51. The highest BCUT2D eigenvalue weighted by molar-refractivity contribution is 5.81. The lowest BCUT2D eigenvalue weighted by atomic mass is 9.87. The Morgan fingerprint density at radius 2 is 1.16 bits per heavy atom. The molecule has 6 rings (SSSR count). The summed E-state index contributed by atoms with van der Waals surface area (Å²) in [5.74, 6) is 1.61. The van der Waals surface area contributed by atoms with Crippen LogP contribution in [-0.4, -0.2) is 0 Å². The number of para-hydroxylation sites is 2. The zero-order chi connectivity index (χ0) is 21.7. The number of anilines is 3. The number of benzene rings is 4. The van der Waals surface area contributed by atoms with Gasteiger partial charge < -0.3 is 4.90 Å². The minimum Gasteiger partial charge on any atom is -0.310 e. The Balaban J connectivity index is 1.45. The minimum absolute atomic E-state index is 0.793. The van der Waals surface area contributed by atoms with Gasteiger partial charge in [0.05, 0.1) is 0 Å². The lowest BCUT2D eigenvalue weighted by molar-refractivity contribution is 0.718. The molecule has 2 unspecified atom stereocenters. The summed E-state index contributed by atoms with van der Waals surface area (Å²) in [5.41, 5.74) is 12.2. The number of nitrogens with zero attached hydrogens (tertiary/aromatic N) is 1. The molecule has 4 aromatic rings. The molecule has 1 saturated carbocycles. The van der Waals surface area contributed by atoms with E-state index in [1.54, 1.807) is 11.1 Å². The Bertz CT molecular complexity index is 1210. The van der Waals surface area contributed by atoms with Gasteiger partial charge in [0, 0.05) is 17.1 Å². The van der Waals surface area contributed by atoms with Crippen molar-refractivity contribution < 1.29 is 0 Å². The molecule has 0 heterocycles. The van der Waals surface area contributed by atoms with E-state index in [0.29, 0.717) is 0 Å². The predicted octanol–water partition coefficient (Wildman–Crippen LogP) is 8.80. The quantitative estimate of drug-likeness (QED) is 0.322. The average Bonchev–Trinajstić information content (AvgIpc) is 3.43. The summed E-state index contributed by atoms with van der Waals surface area (Å²) in [6.45, 7) is 4.53. The van der Waals surface area contributed by atoms with Crippen LogP contribution in [0.1, 0.15) is 53.4 Å². The van der Waals surface area contributed by atoms with Crippen molar-refractivity contribution >= 4 is 17.1 Å². The van der Waals surface area contributed by atoms with E-state index in [1.807, 2.05) is 0 Å². The maximum Gasteiger partial charge on any atom is 0.0467 e. The van der Waals surface area contributed by atoms with Crippen LogP contribution < -0.4 is 4.90 Å². The van der Waals surface area contributed by atoms with Crippen LogP contribution >= 0.6 is 0 Å². The fraction of sp³-hybridized carbons (Fsp3) is 0.226. The first-order valence-electron chi connectivity index (χ1n) is 11.8. The summed E-state index contributed by atoms with van der Waals surface area (Å²) < 4.78 is 0. The van der Waals surface area contributed by atoms with Gasteiger partial charge in [0.25, 0.3) is 0 Å². The van der Waals surface area contributed by atoms with E-state index in [0.717, 1.165) is 11.8 Å². The molecule has 32 heavy (non-hydrogen) atoms. The average molecular weight is 416 g/mol. The molecule has 4 aromatic carbocycles. The van der Waals surface area contributed by atoms with E-state index in [4.69, 9.17) is 0 Å². The molecule has 2 aliphatic carbocycles. The molecule has 0 amide bonds. The monoisotopic (exact) mass is 415 g/mol. The van der Waals surface area contributed by atoms with Gasteiger partial charge in [0.15, 0.2) is 0 Å². The highest BCUT2D eigenvalue weighted by Crippen LogP contribution is 2.54. The molecule has 0 aromatic heterocycles. The van der Waals surface area contributed by atoms with Crippen molar-refractivity contribution in [1.82, 2.24) is 0 Å². The SMILES string of the molecule is Cc1cc(N(c2ccccc2)c2ccccc2)cc(C)c1-c1ccc2c(c1)C1CCC2C1. The highest BCUT2D eigenvalue weighted by atomic mass is 15.1. The fourth-order valence-corrected chi connectivity index (χ4v) is 6.13. The molecule has 158 valence electrons. The van der Waals surface area contributed by atoms with Crippen molar-refractivity contribution in [3.63, 3.8) is 0 Å². The van der Waals surface area contributed by atoms with Crippen molar-refractivity contribution in [2.75, 3.05) is 4.90 Å². The molecule has 1 fully saturated rings. The Hall–Kier alpha value is -3.32. The molecule has 0 spiro atoms. The van der Waals surface area contributed by atoms with Gasteiger partial charge in [-0.05, 0) is 115 Å². The van der Waals surface area contributed by atoms with Crippen molar-refractivity contribution in [3.05, 3.63) is 113 Å². The van der Waals surface area contributed by atoms with Crippen LogP contribution in [0, 0.1) is 13.8 Å². The summed E-state index contributed by atoms with van der Waals surface area (Å²) in [7, 11) is 0. The minimum atomic E-state index is 0.793. The molecule has 1 heteroatoms. The zero-order valence-corrected chi connectivity index (χ0v) is 18.9. The van der Waals surface area contributed by atoms with Crippen LogP contribution in [-0.2, 0) is 0 Å². The normalized spacial score (nSPS) is 18.6. The van der Waals surface area contributed by atoms with E-state index in [-0.39, 0.29) is 0 Å². The predicted molar refractivity (Wildman–Crippen MR) is 135 cm³/mol. The van der Waals surface area contributed by atoms with Crippen molar-refractivity contribution in [3.8, 4) is 11.1 Å². The van der Waals surface area contributed by atoms with Gasteiger partial charge in [0.1, 0.15) is 0 Å². The molecule has 2 aliphatic rings. The van der Waals surface area contributed by atoms with Gasteiger partial charge in [-0.25, -0.2) is 0 Å². The van der Waals surface area contributed by atoms with Crippen LogP contribution in [0.15, 0.2) is 91.0 Å². The topological polar surface area (TPSA) is 3.24 Å². The first kappa shape index (κ1) is 19.4. The molecule has 2 atom stereocenters. The standard InChI is InChI=1S/C31H29N/c1-21-17-28(32(26-9-5-3-6-10-26)27-11-7-4-8-12-27)18-22(2)31(21)25-15-16-29-23-13-14-24(19-23)30(29)20-25/h3-12,15-18,20,23-24H,13-14,19H2,1-2H3. The van der Waals surface area contributed by atoms with Crippen LogP contribution in [0.25, 0.3) is 11.1 Å². The van der Waals surface area contributed by atoms with Gasteiger partial charge in [-0.3, -0.25) is 0 Å². The van der Waals surface area contributed by atoms with Crippen molar-refractivity contribution in [2.24, 2.45) is 0 Å². The van der Waals surface area contributed by atoms with E-state index in [1.165, 1.54) is 58.6 Å². The maximum absolute atomic E-state index is 2.50. The molecule has 2 bridgehead atoms. The van der Waals surface area contributed by atoms with Gasteiger partial charge in [-0.15, -0.1) is 0 Å². The summed E-state index contributed by atoms with van der Waals surface area (Å²) >= 11 is 0. The number of hydrogen-bond donors (Lipinski definition) is 0. The third-order valence-electron chi connectivity index (χ3n) is 7.49. The molecule has 0 N–H and O–H groups in total. The number of rotatable bonds is 4. The molecule has 0 saturated heterocycles. The fourth-order valence-electron chi connectivity index (χ4n) is 6.13. The molecular formula is C31H29N. The van der Waals surface area contributed by atoms with E-state index in [2.05, 4.69) is 110 Å². The third kappa shape index (κ3) is 3.15. The number of hydrogen-bond acceptors (Lipinski definition) is 1. The zero-order valence-electron chi connectivity index (χ0n) is 18.9. The third-order valence-corrected chi connectivity index (χ3v) is 7.49. The second kappa shape index (κ2) is 7.67.